The summed E-state index contributed by atoms with van der Waals surface area (Å²) in [7, 11) is 0. The van der Waals surface area contributed by atoms with Gasteiger partial charge in [0, 0.05) is 0 Å². The molecule has 0 saturated heterocycles. The van der Waals surface area contributed by atoms with Crippen LogP contribution < -0.4 is 10.5 Å². The summed E-state index contributed by atoms with van der Waals surface area (Å²) in [4.78, 5) is 0. The third-order valence-electron chi connectivity index (χ3n) is 3.56. The molecular weight excluding hydrogens is 246 g/mol. The van der Waals surface area contributed by atoms with Crippen molar-refractivity contribution in [2.24, 2.45) is 5.73 Å². The molecule has 2 heteroatoms. The first-order valence-electron chi connectivity index (χ1n) is 7.15. The van der Waals surface area contributed by atoms with Crippen LogP contribution in [0.1, 0.15) is 43.9 Å². The van der Waals surface area contributed by atoms with Gasteiger partial charge in [-0.25, -0.2) is 0 Å². The first-order chi connectivity index (χ1) is 9.58. The number of benzene rings is 2. The van der Waals surface area contributed by atoms with Gasteiger partial charge in [0.1, 0.15) is 11.9 Å². The Kier molecular flexibility index (Phi) is 4.80. The molecule has 2 atom stereocenters. The van der Waals surface area contributed by atoms with Crippen molar-refractivity contribution in [3.63, 3.8) is 0 Å². The minimum atomic E-state index is -0.124. The molecule has 0 aliphatic heterocycles. The molecule has 0 aliphatic carbocycles. The van der Waals surface area contributed by atoms with Crippen LogP contribution in [0.4, 0.5) is 0 Å². The Morgan fingerprint density at radius 2 is 1.40 bits per heavy atom. The van der Waals surface area contributed by atoms with Gasteiger partial charge in [0.15, 0.2) is 0 Å². The topological polar surface area (TPSA) is 35.2 Å². The van der Waals surface area contributed by atoms with Crippen molar-refractivity contribution < 1.29 is 4.74 Å². The molecule has 2 N–H and O–H groups in total. The van der Waals surface area contributed by atoms with Crippen LogP contribution in [-0.4, -0.2) is 6.10 Å². The summed E-state index contributed by atoms with van der Waals surface area (Å²) >= 11 is 0. The fourth-order valence-electron chi connectivity index (χ4n) is 2.17. The Morgan fingerprint density at radius 1 is 0.800 bits per heavy atom. The van der Waals surface area contributed by atoms with Gasteiger partial charge in [0.2, 0.25) is 0 Å². The van der Waals surface area contributed by atoms with E-state index in [1.165, 1.54) is 5.56 Å². The highest BCUT2D eigenvalue weighted by Gasteiger charge is 2.16. The van der Waals surface area contributed by atoms with Gasteiger partial charge in [-0.3, -0.25) is 0 Å². The molecule has 106 valence electrons. The normalized spacial score (nSPS) is 14.1. The molecule has 0 heterocycles. The van der Waals surface area contributed by atoms with Crippen LogP contribution >= 0.6 is 0 Å². The van der Waals surface area contributed by atoms with Gasteiger partial charge >= 0.3 is 0 Å². The van der Waals surface area contributed by atoms with E-state index in [-0.39, 0.29) is 12.1 Å². The zero-order valence-corrected chi connectivity index (χ0v) is 12.4. The highest BCUT2D eigenvalue weighted by Crippen LogP contribution is 2.22. The first kappa shape index (κ1) is 14.6. The van der Waals surface area contributed by atoms with Crippen LogP contribution in [0.25, 0.3) is 0 Å². The van der Waals surface area contributed by atoms with Crippen molar-refractivity contribution in [1.82, 2.24) is 0 Å². The number of hydrogen-bond acceptors (Lipinski definition) is 2. The van der Waals surface area contributed by atoms with Gasteiger partial charge in [0.25, 0.3) is 0 Å². The fraction of sp³-hybridized carbons (Fsp3) is 0.333. The van der Waals surface area contributed by atoms with Gasteiger partial charge in [-0.2, -0.15) is 0 Å². The summed E-state index contributed by atoms with van der Waals surface area (Å²) in [5.41, 5.74) is 8.65. The predicted octanol–water partition coefficient (Wildman–Crippen LogP) is 4.28. The predicted molar refractivity (Wildman–Crippen MR) is 84.0 cm³/mol. The Balaban J connectivity index is 2.02. The molecule has 0 saturated carbocycles. The van der Waals surface area contributed by atoms with E-state index in [4.69, 9.17) is 10.5 Å². The van der Waals surface area contributed by atoms with Crippen molar-refractivity contribution >= 4 is 0 Å². The number of hydrogen-bond donors (Lipinski definition) is 1. The first-order valence-corrected chi connectivity index (χ1v) is 7.15. The SMILES string of the molecule is CC(C)c1ccc(OC(C)C(N)c2ccccc2)cc1. The number of nitrogens with two attached hydrogens (primary N) is 1. The molecule has 0 fully saturated rings. The lowest BCUT2D eigenvalue weighted by Crippen LogP contribution is -2.28. The van der Waals surface area contributed by atoms with Crippen LogP contribution in [0.3, 0.4) is 0 Å². The van der Waals surface area contributed by atoms with E-state index in [2.05, 4.69) is 26.0 Å². The van der Waals surface area contributed by atoms with E-state index in [0.717, 1.165) is 11.3 Å². The van der Waals surface area contributed by atoms with Crippen LogP contribution in [-0.2, 0) is 0 Å². The zero-order chi connectivity index (χ0) is 14.5. The van der Waals surface area contributed by atoms with Crippen molar-refractivity contribution in [3.8, 4) is 5.75 Å². The molecule has 0 bridgehead atoms. The monoisotopic (exact) mass is 269 g/mol. The van der Waals surface area contributed by atoms with Gasteiger partial charge < -0.3 is 10.5 Å². The second-order valence-electron chi connectivity index (χ2n) is 5.48. The maximum absolute atomic E-state index is 6.24. The minimum Gasteiger partial charge on any atom is -0.489 e. The Hall–Kier alpha value is -1.80. The van der Waals surface area contributed by atoms with Gasteiger partial charge in [-0.15, -0.1) is 0 Å². The molecule has 0 radical (unpaired) electrons. The van der Waals surface area contributed by atoms with Crippen LogP contribution in [0.2, 0.25) is 0 Å². The quantitative estimate of drug-likeness (QED) is 0.879. The molecular formula is C18H23NO. The maximum Gasteiger partial charge on any atom is 0.119 e. The van der Waals surface area contributed by atoms with E-state index < -0.39 is 0 Å². The zero-order valence-electron chi connectivity index (χ0n) is 12.4. The second kappa shape index (κ2) is 6.58. The minimum absolute atomic E-state index is 0.0673. The average molecular weight is 269 g/mol. The van der Waals surface area contributed by atoms with Crippen LogP contribution in [0.5, 0.6) is 5.75 Å². The van der Waals surface area contributed by atoms with Gasteiger partial charge in [-0.1, -0.05) is 56.3 Å². The smallest absolute Gasteiger partial charge is 0.119 e. The molecule has 0 amide bonds. The summed E-state index contributed by atoms with van der Waals surface area (Å²) in [6.45, 7) is 6.38. The van der Waals surface area contributed by atoms with E-state index in [1.807, 2.05) is 49.4 Å². The molecule has 2 aromatic rings. The van der Waals surface area contributed by atoms with Crippen molar-refractivity contribution in [3.05, 3.63) is 65.7 Å². The summed E-state index contributed by atoms with van der Waals surface area (Å²) in [6, 6.07) is 18.2. The van der Waals surface area contributed by atoms with Gasteiger partial charge in [0.05, 0.1) is 6.04 Å². The summed E-state index contributed by atoms with van der Waals surface area (Å²) < 4.78 is 5.94. The molecule has 20 heavy (non-hydrogen) atoms. The number of ether oxygens (including phenoxy) is 1. The van der Waals surface area contributed by atoms with Gasteiger partial charge in [-0.05, 0) is 36.1 Å². The van der Waals surface area contributed by atoms with E-state index >= 15 is 0 Å². The standard InChI is InChI=1S/C18H23NO/c1-13(2)15-9-11-17(12-10-15)20-14(3)18(19)16-7-5-4-6-8-16/h4-14,18H,19H2,1-3H3. The van der Waals surface area contributed by atoms with Crippen LogP contribution in [0, 0.1) is 0 Å². The Labute approximate surface area is 121 Å². The summed E-state index contributed by atoms with van der Waals surface area (Å²) in [6.07, 6.45) is -0.0673. The average Bonchev–Trinajstić information content (AvgIpc) is 2.48. The summed E-state index contributed by atoms with van der Waals surface area (Å²) in [5, 5.41) is 0. The molecule has 0 aliphatic rings. The lowest BCUT2D eigenvalue weighted by Gasteiger charge is -2.22. The molecule has 2 nitrogen and oxygen atoms in total. The molecule has 2 rings (SSSR count). The lowest BCUT2D eigenvalue weighted by molar-refractivity contribution is 0.190. The lowest BCUT2D eigenvalue weighted by atomic mass is 10.0. The molecule has 0 spiro atoms. The van der Waals surface area contributed by atoms with Crippen LogP contribution in [0.15, 0.2) is 54.6 Å². The molecule has 2 unspecified atom stereocenters. The second-order valence-corrected chi connectivity index (χ2v) is 5.48. The van der Waals surface area contributed by atoms with E-state index in [9.17, 15) is 0 Å². The van der Waals surface area contributed by atoms with E-state index in [0.29, 0.717) is 5.92 Å². The largest absolute Gasteiger partial charge is 0.489 e. The highest BCUT2D eigenvalue weighted by molar-refractivity contribution is 5.29. The third kappa shape index (κ3) is 3.61. The summed E-state index contributed by atoms with van der Waals surface area (Å²) in [5.74, 6) is 1.40. The maximum atomic E-state index is 6.24. The molecule has 2 aromatic carbocycles. The fourth-order valence-corrected chi connectivity index (χ4v) is 2.17. The Bertz CT molecular complexity index is 519. The number of rotatable bonds is 5. The van der Waals surface area contributed by atoms with Crippen molar-refractivity contribution in [1.29, 1.82) is 0 Å². The van der Waals surface area contributed by atoms with Crippen molar-refractivity contribution in [2.75, 3.05) is 0 Å². The molecule has 0 aromatic heterocycles. The van der Waals surface area contributed by atoms with Crippen molar-refractivity contribution in [2.45, 2.75) is 38.8 Å². The Morgan fingerprint density at radius 3 is 1.95 bits per heavy atom. The van der Waals surface area contributed by atoms with E-state index in [1.54, 1.807) is 0 Å². The third-order valence-corrected chi connectivity index (χ3v) is 3.56. The highest BCUT2D eigenvalue weighted by atomic mass is 16.5.